The van der Waals surface area contributed by atoms with E-state index in [9.17, 15) is 14.4 Å². The zero-order chi connectivity index (χ0) is 27.4. The lowest BCUT2D eigenvalue weighted by Gasteiger charge is -2.26. The highest BCUT2D eigenvalue weighted by Crippen LogP contribution is 2.37. The summed E-state index contributed by atoms with van der Waals surface area (Å²) in [5, 5.41) is 7.38. The van der Waals surface area contributed by atoms with Crippen molar-refractivity contribution in [3.05, 3.63) is 71.8 Å². The summed E-state index contributed by atoms with van der Waals surface area (Å²) >= 11 is 0. The van der Waals surface area contributed by atoms with Crippen LogP contribution in [0, 0.1) is 0 Å². The van der Waals surface area contributed by atoms with Gasteiger partial charge in [0.2, 0.25) is 5.91 Å². The van der Waals surface area contributed by atoms with Crippen LogP contribution in [-0.4, -0.2) is 35.9 Å². The molecule has 0 bridgehead atoms. The Hall–Kier alpha value is -4.33. The van der Waals surface area contributed by atoms with E-state index in [1.165, 1.54) is 14.0 Å². The van der Waals surface area contributed by atoms with Gasteiger partial charge in [0.05, 0.1) is 12.8 Å². The summed E-state index contributed by atoms with van der Waals surface area (Å²) in [7, 11) is 1.51. The van der Waals surface area contributed by atoms with Gasteiger partial charge in [-0.2, -0.15) is 0 Å². The van der Waals surface area contributed by atoms with Crippen LogP contribution in [0.15, 0.2) is 65.1 Å². The molecule has 0 saturated carbocycles. The summed E-state index contributed by atoms with van der Waals surface area (Å²) in [5.41, 5.74) is 2.10. The first-order valence-corrected chi connectivity index (χ1v) is 12.5. The topological polar surface area (TPSA) is 101 Å². The average Bonchev–Trinajstić information content (AvgIpc) is 3.35. The number of furan rings is 1. The van der Waals surface area contributed by atoms with Crippen molar-refractivity contribution in [3.8, 4) is 5.75 Å². The molecule has 2 heterocycles. The van der Waals surface area contributed by atoms with E-state index in [0.717, 1.165) is 26.8 Å². The molecule has 0 aliphatic carbocycles. The van der Waals surface area contributed by atoms with Crippen LogP contribution in [0.2, 0.25) is 0 Å². The second kappa shape index (κ2) is 8.90. The van der Waals surface area contributed by atoms with Crippen LogP contribution in [0.4, 0.5) is 10.5 Å². The van der Waals surface area contributed by atoms with E-state index in [0.29, 0.717) is 22.6 Å². The Morgan fingerprint density at radius 1 is 1.03 bits per heavy atom. The maximum absolute atomic E-state index is 13.5. The lowest BCUT2D eigenvalue weighted by atomic mass is 9.84. The predicted molar refractivity (Wildman–Crippen MR) is 146 cm³/mol. The number of fused-ring (bicyclic) bond motifs is 3. The zero-order valence-electron chi connectivity index (χ0n) is 22.3. The summed E-state index contributed by atoms with van der Waals surface area (Å²) in [6, 6.07) is 17.0. The van der Waals surface area contributed by atoms with Gasteiger partial charge in [-0.3, -0.25) is 9.59 Å². The third kappa shape index (κ3) is 4.06. The number of rotatable bonds is 5. The summed E-state index contributed by atoms with van der Waals surface area (Å²) in [4.78, 5) is 40.8. The van der Waals surface area contributed by atoms with Crippen LogP contribution in [0.25, 0.3) is 21.9 Å². The molecule has 4 aromatic rings. The number of benzene rings is 3. The van der Waals surface area contributed by atoms with Gasteiger partial charge in [0.1, 0.15) is 28.5 Å². The number of hydrogen-bond acceptors (Lipinski definition) is 5. The number of urea groups is 1. The van der Waals surface area contributed by atoms with E-state index >= 15 is 0 Å². The Morgan fingerprint density at radius 2 is 1.71 bits per heavy atom. The molecule has 0 unspecified atom stereocenters. The number of nitrogens with zero attached hydrogens (tertiary/aromatic N) is 1. The molecular weight excluding hydrogens is 482 g/mol. The van der Waals surface area contributed by atoms with Gasteiger partial charge in [0.25, 0.3) is 5.91 Å². The number of ether oxygens (including phenoxy) is 1. The molecule has 5 rings (SSSR count). The monoisotopic (exact) mass is 513 g/mol. The quantitative estimate of drug-likeness (QED) is 0.334. The number of amides is 4. The van der Waals surface area contributed by atoms with Gasteiger partial charge >= 0.3 is 6.03 Å². The highest BCUT2D eigenvalue weighted by Gasteiger charge is 2.51. The number of hydrogen-bond donors (Lipinski definition) is 2. The predicted octanol–water partition coefficient (Wildman–Crippen LogP) is 5.69. The second-order valence-electron chi connectivity index (χ2n) is 10.9. The molecule has 2 N–H and O–H groups in total. The highest BCUT2D eigenvalue weighted by atomic mass is 16.5. The van der Waals surface area contributed by atoms with Gasteiger partial charge < -0.3 is 19.8 Å². The van der Waals surface area contributed by atoms with Gasteiger partial charge in [-0.15, -0.1) is 0 Å². The fourth-order valence-corrected chi connectivity index (χ4v) is 4.88. The third-order valence-corrected chi connectivity index (χ3v) is 7.27. The maximum atomic E-state index is 13.5. The van der Waals surface area contributed by atoms with Crippen molar-refractivity contribution in [1.82, 2.24) is 10.2 Å². The molecule has 8 nitrogen and oxygen atoms in total. The minimum Gasteiger partial charge on any atom is -0.495 e. The van der Waals surface area contributed by atoms with E-state index in [1.807, 2.05) is 48.5 Å². The van der Waals surface area contributed by atoms with E-state index in [1.54, 1.807) is 19.1 Å². The van der Waals surface area contributed by atoms with E-state index < -0.39 is 29.4 Å². The molecule has 8 heteroatoms. The van der Waals surface area contributed by atoms with E-state index in [4.69, 9.17) is 9.15 Å². The number of carbonyl (C=O) groups is 3. The number of imide groups is 1. The van der Waals surface area contributed by atoms with Gasteiger partial charge in [0.15, 0.2) is 0 Å². The fourth-order valence-electron chi connectivity index (χ4n) is 4.88. The van der Waals surface area contributed by atoms with Gasteiger partial charge in [-0.1, -0.05) is 63.2 Å². The molecule has 1 aliphatic rings. The number of methoxy groups -OCH3 is 1. The molecule has 1 fully saturated rings. The van der Waals surface area contributed by atoms with Crippen LogP contribution in [0.1, 0.15) is 45.7 Å². The Balaban J connectivity index is 1.40. The number of para-hydroxylation sites is 1. The minimum absolute atomic E-state index is 0.0482. The molecule has 38 heavy (non-hydrogen) atoms. The number of nitrogens with one attached hydrogen (secondary N) is 2. The first-order chi connectivity index (χ1) is 17.9. The molecule has 3 aromatic carbocycles. The Kier molecular flexibility index (Phi) is 5.93. The smallest absolute Gasteiger partial charge is 0.326 e. The largest absolute Gasteiger partial charge is 0.495 e. The van der Waals surface area contributed by atoms with Crippen LogP contribution in [0.5, 0.6) is 5.75 Å². The summed E-state index contributed by atoms with van der Waals surface area (Å²) in [5.74, 6) is -0.589. The SMILES string of the molecule is COc1cc2c(cc1NC(=O)[C@@H](C)N1C(=O)N[C@](C)(c3ccc(C(C)(C)C)cc3)C1=O)oc1ccccc12. The van der Waals surface area contributed by atoms with Gasteiger partial charge in [-0.25, -0.2) is 9.69 Å². The zero-order valence-corrected chi connectivity index (χ0v) is 22.3. The first kappa shape index (κ1) is 25.3. The summed E-state index contributed by atoms with van der Waals surface area (Å²) in [6.45, 7) is 9.50. The van der Waals surface area contributed by atoms with E-state index in [2.05, 4.69) is 31.4 Å². The van der Waals surface area contributed by atoms with Crippen molar-refractivity contribution in [2.75, 3.05) is 12.4 Å². The molecule has 1 aromatic heterocycles. The van der Waals surface area contributed by atoms with Crippen LogP contribution < -0.4 is 15.4 Å². The molecule has 1 saturated heterocycles. The average molecular weight is 514 g/mol. The van der Waals surface area contributed by atoms with Crippen molar-refractivity contribution in [3.63, 3.8) is 0 Å². The minimum atomic E-state index is -1.28. The van der Waals surface area contributed by atoms with Crippen molar-refractivity contribution in [1.29, 1.82) is 0 Å². The van der Waals surface area contributed by atoms with Gasteiger partial charge in [-0.05, 0) is 42.5 Å². The Bertz CT molecular complexity index is 1580. The van der Waals surface area contributed by atoms with Gasteiger partial charge in [0, 0.05) is 16.8 Å². The van der Waals surface area contributed by atoms with Crippen molar-refractivity contribution in [2.45, 2.75) is 51.6 Å². The van der Waals surface area contributed by atoms with Crippen molar-refractivity contribution < 1.29 is 23.5 Å². The Morgan fingerprint density at radius 3 is 2.37 bits per heavy atom. The standard InChI is InChI=1S/C30H31N3O5/c1-17(33-27(35)30(5,32-28(33)36)19-13-11-18(12-14-19)29(2,3)4)26(34)31-22-16-24-21(15-25(22)37-6)20-9-7-8-10-23(20)38-24/h7-17H,1-6H3,(H,31,34)(H,32,36)/t17-,30-/m1/s1. The molecule has 0 radical (unpaired) electrons. The molecule has 4 amide bonds. The number of anilines is 1. The van der Waals surface area contributed by atoms with E-state index in [-0.39, 0.29) is 5.41 Å². The molecule has 196 valence electrons. The van der Waals surface area contributed by atoms with Crippen LogP contribution in [-0.2, 0) is 20.5 Å². The summed E-state index contributed by atoms with van der Waals surface area (Å²) in [6.07, 6.45) is 0. The molecular formula is C30H31N3O5. The summed E-state index contributed by atoms with van der Waals surface area (Å²) < 4.78 is 11.5. The third-order valence-electron chi connectivity index (χ3n) is 7.27. The second-order valence-corrected chi connectivity index (χ2v) is 10.9. The normalized spacial score (nSPS) is 18.6. The Labute approximate surface area is 220 Å². The molecule has 2 atom stereocenters. The molecule has 0 spiro atoms. The first-order valence-electron chi connectivity index (χ1n) is 12.5. The van der Waals surface area contributed by atoms with Crippen molar-refractivity contribution in [2.24, 2.45) is 0 Å². The molecule has 1 aliphatic heterocycles. The van der Waals surface area contributed by atoms with Crippen molar-refractivity contribution >= 4 is 45.5 Å². The highest BCUT2D eigenvalue weighted by molar-refractivity contribution is 6.12. The van der Waals surface area contributed by atoms with Crippen LogP contribution >= 0.6 is 0 Å². The van der Waals surface area contributed by atoms with Crippen LogP contribution in [0.3, 0.4) is 0 Å². The fraction of sp³-hybridized carbons (Fsp3) is 0.300. The maximum Gasteiger partial charge on any atom is 0.326 e. The lowest BCUT2D eigenvalue weighted by molar-refractivity contribution is -0.136. The lowest BCUT2D eigenvalue weighted by Crippen LogP contribution is -2.47. The number of carbonyl (C=O) groups excluding carboxylic acids is 3.